The Labute approximate surface area is 251 Å². The number of hydrogen-bond acceptors (Lipinski definition) is 3. The fourth-order valence-corrected chi connectivity index (χ4v) is 4.79. The molecule has 0 amide bonds. The molecule has 6 rings (SSSR count). The first-order valence-corrected chi connectivity index (χ1v) is 13.4. The molecule has 0 fully saturated rings. The van der Waals surface area contributed by atoms with E-state index in [0.29, 0.717) is 0 Å². The third-order valence-corrected chi connectivity index (χ3v) is 6.93. The molecule has 6 aromatic rings. The van der Waals surface area contributed by atoms with Crippen molar-refractivity contribution < 1.29 is 20.1 Å². The number of nitrogens with zero attached hydrogens (tertiary/aromatic N) is 3. The van der Waals surface area contributed by atoms with Crippen LogP contribution in [0.25, 0.3) is 44.2 Å². The topological polar surface area (TPSA) is 38.7 Å². The van der Waals surface area contributed by atoms with E-state index < -0.39 is 0 Å². The van der Waals surface area contributed by atoms with Crippen LogP contribution in [0.2, 0.25) is 0 Å². The van der Waals surface area contributed by atoms with Crippen LogP contribution >= 0.6 is 0 Å². The molecule has 2 heterocycles. The van der Waals surface area contributed by atoms with Gasteiger partial charge in [-0.2, -0.15) is 0 Å². The molecule has 0 saturated carbocycles. The Morgan fingerprint density at radius 1 is 0.800 bits per heavy atom. The molecule has 0 saturated heterocycles. The van der Waals surface area contributed by atoms with Crippen molar-refractivity contribution in [1.29, 1.82) is 0 Å². The third kappa shape index (κ3) is 6.36. The van der Waals surface area contributed by atoms with Crippen LogP contribution in [-0.2, 0) is 31.9 Å². The second-order valence-electron chi connectivity index (χ2n) is 10.7. The second kappa shape index (κ2) is 12.6. The summed E-state index contributed by atoms with van der Waals surface area (Å²) >= 11 is 0. The number of pyridine rings is 1. The zero-order chi connectivity index (χ0) is 27.4. The normalized spacial score (nSPS) is 11.0. The van der Waals surface area contributed by atoms with Crippen LogP contribution in [0.15, 0.2) is 97.3 Å². The minimum absolute atomic E-state index is 0. The zero-order valence-electron chi connectivity index (χ0n) is 23.6. The van der Waals surface area contributed by atoms with Gasteiger partial charge in [0.05, 0.1) is 5.82 Å². The number of aryl methyl sites for hydroxylation is 2. The van der Waals surface area contributed by atoms with Crippen molar-refractivity contribution in [3.63, 3.8) is 0 Å². The summed E-state index contributed by atoms with van der Waals surface area (Å²) in [5.74, 6) is 0.727. The maximum atomic E-state index is 4.71. The van der Waals surface area contributed by atoms with E-state index in [0.717, 1.165) is 40.0 Å². The Morgan fingerprint density at radius 2 is 1.60 bits per heavy atom. The van der Waals surface area contributed by atoms with E-state index in [2.05, 4.69) is 99.2 Å². The Balaban J connectivity index is 0.000000186. The molecule has 203 valence electrons. The van der Waals surface area contributed by atoms with Gasteiger partial charge in [0.2, 0.25) is 0 Å². The van der Waals surface area contributed by atoms with Crippen LogP contribution in [0.1, 0.15) is 44.5 Å². The molecule has 40 heavy (non-hydrogen) atoms. The van der Waals surface area contributed by atoms with Crippen LogP contribution in [-0.4, -0.2) is 15.0 Å². The van der Waals surface area contributed by atoms with Crippen LogP contribution in [0, 0.1) is 19.1 Å². The van der Waals surface area contributed by atoms with E-state index in [-0.39, 0.29) is 25.5 Å². The maximum Gasteiger partial charge on any atom is 0.0751 e. The zero-order valence-corrected chi connectivity index (χ0v) is 26.0. The van der Waals surface area contributed by atoms with E-state index in [9.17, 15) is 0 Å². The molecule has 4 aromatic carbocycles. The molecule has 3 nitrogen and oxygen atoms in total. The van der Waals surface area contributed by atoms with Gasteiger partial charge in [-0.15, -0.1) is 70.4 Å². The first-order valence-electron chi connectivity index (χ1n) is 13.4. The van der Waals surface area contributed by atoms with Gasteiger partial charge in [-0.25, -0.2) is 0 Å². The van der Waals surface area contributed by atoms with E-state index in [4.69, 9.17) is 4.98 Å². The van der Waals surface area contributed by atoms with Gasteiger partial charge in [0.1, 0.15) is 0 Å². The first-order chi connectivity index (χ1) is 18.8. The van der Waals surface area contributed by atoms with Gasteiger partial charge < -0.3 is 4.98 Å². The SMILES string of the molecule is CC(C)(C)c1ccnc(-c2[c-]ccc(-c3ccccc3)c2)n1.CCc1c(C)cnc2c1ccc1ccc[c-]c12.[Ir]. The molecular formula is C36H33IrN3-2. The predicted molar refractivity (Wildman–Crippen MR) is 163 cm³/mol. The van der Waals surface area contributed by atoms with Crippen molar-refractivity contribution in [2.24, 2.45) is 0 Å². The molecule has 0 N–H and O–H groups in total. The Bertz CT molecular complexity index is 1740. The summed E-state index contributed by atoms with van der Waals surface area (Å²) in [5.41, 5.74) is 8.05. The predicted octanol–water partition coefficient (Wildman–Crippen LogP) is 8.96. The molecule has 0 unspecified atom stereocenters. The average Bonchev–Trinajstić information content (AvgIpc) is 2.97. The smallest absolute Gasteiger partial charge is 0.0751 e. The minimum atomic E-state index is 0. The van der Waals surface area contributed by atoms with Crippen LogP contribution < -0.4 is 0 Å². The third-order valence-electron chi connectivity index (χ3n) is 6.93. The number of rotatable bonds is 3. The summed E-state index contributed by atoms with van der Waals surface area (Å²) in [7, 11) is 0. The van der Waals surface area contributed by atoms with Gasteiger partial charge >= 0.3 is 0 Å². The van der Waals surface area contributed by atoms with Gasteiger partial charge in [0.15, 0.2) is 0 Å². The first kappa shape index (κ1) is 29.3. The standard InChI is InChI=1S/C20H19N2.C16H14N.Ir/c1-20(2,3)18-12-13-21-19(22-18)17-11-7-10-16(14-17)15-8-5-4-6-9-15;1-3-13-11(2)10-17-16-14-7-5-4-6-12(14)8-9-15(13)16;/h4-10,12-14H,1-3H3;4-6,8-10H,3H2,1-2H3;/q2*-1;. The van der Waals surface area contributed by atoms with Crippen molar-refractivity contribution >= 4 is 21.7 Å². The Morgan fingerprint density at radius 3 is 2.35 bits per heavy atom. The quantitative estimate of drug-likeness (QED) is 0.137. The van der Waals surface area contributed by atoms with Gasteiger partial charge in [-0.1, -0.05) is 70.2 Å². The van der Waals surface area contributed by atoms with Crippen LogP contribution in [0.3, 0.4) is 0 Å². The molecule has 0 atom stereocenters. The van der Waals surface area contributed by atoms with Crippen molar-refractivity contribution in [2.45, 2.75) is 46.5 Å². The number of benzene rings is 4. The van der Waals surface area contributed by atoms with Gasteiger partial charge in [-0.05, 0) is 47.0 Å². The van der Waals surface area contributed by atoms with Gasteiger partial charge in [-0.3, -0.25) is 9.97 Å². The Kier molecular flexibility index (Phi) is 9.24. The fraction of sp³-hybridized carbons (Fsp3) is 0.194. The van der Waals surface area contributed by atoms with Crippen LogP contribution in [0.5, 0.6) is 0 Å². The Hall–Kier alpha value is -3.72. The molecule has 0 aliphatic carbocycles. The fourth-order valence-electron chi connectivity index (χ4n) is 4.79. The molecular weight excluding hydrogens is 667 g/mol. The molecule has 0 bridgehead atoms. The molecule has 1 radical (unpaired) electrons. The largest absolute Gasteiger partial charge is 0.304 e. The molecule has 0 aliphatic rings. The van der Waals surface area contributed by atoms with Crippen LogP contribution in [0.4, 0.5) is 0 Å². The summed E-state index contributed by atoms with van der Waals surface area (Å²) in [4.78, 5) is 13.7. The average molecular weight is 700 g/mol. The van der Waals surface area contributed by atoms with E-state index in [1.807, 2.05) is 54.9 Å². The summed E-state index contributed by atoms with van der Waals surface area (Å²) in [6, 6.07) is 35.4. The van der Waals surface area contributed by atoms with Gasteiger partial charge in [0.25, 0.3) is 0 Å². The van der Waals surface area contributed by atoms with Crippen molar-refractivity contribution in [3.8, 4) is 22.5 Å². The van der Waals surface area contributed by atoms with E-state index >= 15 is 0 Å². The minimum Gasteiger partial charge on any atom is -0.304 e. The number of fused-ring (bicyclic) bond motifs is 3. The van der Waals surface area contributed by atoms with Crippen molar-refractivity contribution in [3.05, 3.63) is 126 Å². The van der Waals surface area contributed by atoms with Crippen molar-refractivity contribution in [1.82, 2.24) is 15.0 Å². The van der Waals surface area contributed by atoms with E-state index in [1.54, 1.807) is 0 Å². The molecule has 2 aromatic heterocycles. The maximum absolute atomic E-state index is 4.71. The van der Waals surface area contributed by atoms with E-state index in [1.165, 1.54) is 27.5 Å². The van der Waals surface area contributed by atoms with Gasteiger partial charge in [0, 0.05) is 43.6 Å². The summed E-state index contributed by atoms with van der Waals surface area (Å²) < 4.78 is 0. The summed E-state index contributed by atoms with van der Waals surface area (Å²) in [5, 5.41) is 3.60. The molecule has 0 aliphatic heterocycles. The number of aromatic nitrogens is 3. The summed E-state index contributed by atoms with van der Waals surface area (Å²) in [6.45, 7) is 10.8. The molecule has 4 heteroatoms. The summed E-state index contributed by atoms with van der Waals surface area (Å²) in [6.07, 6.45) is 4.84. The number of hydrogen-bond donors (Lipinski definition) is 0. The van der Waals surface area contributed by atoms with Crippen molar-refractivity contribution in [2.75, 3.05) is 0 Å². The molecule has 0 spiro atoms. The second-order valence-corrected chi connectivity index (χ2v) is 10.7. The monoisotopic (exact) mass is 700 g/mol.